The molecule has 18 nitrogen and oxygen atoms in total. The Morgan fingerprint density at radius 3 is 1.79 bits per heavy atom. The van der Waals surface area contributed by atoms with E-state index in [1.54, 1.807) is 84.6 Å². The van der Waals surface area contributed by atoms with Crippen LogP contribution in [0, 0.1) is 11.8 Å². The Labute approximate surface area is 422 Å². The summed E-state index contributed by atoms with van der Waals surface area (Å²) >= 11 is 0. The number of fused-ring (bicyclic) bond motifs is 4. The van der Waals surface area contributed by atoms with Gasteiger partial charge in [0.05, 0.1) is 55.3 Å². The molecule has 4 aliphatic rings. The minimum Gasteiger partial charge on any atom is -0.493 e. The Bertz CT molecular complexity index is 2940. The van der Waals surface area contributed by atoms with Crippen molar-refractivity contribution in [1.82, 2.24) is 20.4 Å². The monoisotopic (exact) mass is 988 g/mol. The van der Waals surface area contributed by atoms with Gasteiger partial charge in [0, 0.05) is 48.2 Å². The van der Waals surface area contributed by atoms with Crippen molar-refractivity contribution in [3.05, 3.63) is 136 Å². The third-order valence-corrected chi connectivity index (χ3v) is 12.3. The maximum absolute atomic E-state index is 13.6. The summed E-state index contributed by atoms with van der Waals surface area (Å²) in [7, 11) is 3.02. The van der Waals surface area contributed by atoms with Crippen LogP contribution < -0.4 is 40.6 Å². The first kappa shape index (κ1) is 50.7. The topological polar surface area (TPSA) is 225 Å². The van der Waals surface area contributed by atoms with E-state index in [-0.39, 0.29) is 50.3 Å². The Morgan fingerprint density at radius 2 is 1.29 bits per heavy atom. The van der Waals surface area contributed by atoms with Crippen molar-refractivity contribution in [2.45, 2.75) is 84.5 Å². The van der Waals surface area contributed by atoms with Gasteiger partial charge in [-0.2, -0.15) is 0 Å². The molecule has 0 bridgehead atoms. The first-order valence-electron chi connectivity index (χ1n) is 23.5. The van der Waals surface area contributed by atoms with E-state index in [2.05, 4.69) is 44.4 Å². The Hall–Kier alpha value is -8.69. The second-order valence-corrected chi connectivity index (χ2v) is 18.1. The van der Waals surface area contributed by atoms with Crippen molar-refractivity contribution in [1.29, 1.82) is 0 Å². The molecule has 4 aromatic carbocycles. The van der Waals surface area contributed by atoms with Gasteiger partial charge in [-0.15, -0.1) is 0 Å². The molecule has 4 heterocycles. The van der Waals surface area contributed by atoms with Gasteiger partial charge < -0.3 is 55.2 Å². The predicted molar refractivity (Wildman–Crippen MR) is 275 cm³/mol. The van der Waals surface area contributed by atoms with Crippen molar-refractivity contribution in [2.24, 2.45) is 15.7 Å². The molecule has 5 N–H and O–H groups in total. The molecule has 4 aliphatic heterocycles. The molecule has 0 spiro atoms. The summed E-state index contributed by atoms with van der Waals surface area (Å²) in [4.78, 5) is 77.5. The molecule has 0 saturated heterocycles. The second kappa shape index (κ2) is 22.2. The first-order chi connectivity index (χ1) is 35.1. The quantitative estimate of drug-likeness (QED) is 0.0651. The highest BCUT2D eigenvalue weighted by atomic mass is 16.5. The van der Waals surface area contributed by atoms with E-state index in [0.717, 1.165) is 22.3 Å². The van der Waals surface area contributed by atoms with Gasteiger partial charge in [0.2, 0.25) is 11.8 Å². The lowest BCUT2D eigenvalue weighted by Gasteiger charge is -2.19. The van der Waals surface area contributed by atoms with Crippen LogP contribution >= 0.6 is 0 Å². The largest absolute Gasteiger partial charge is 0.493 e. The van der Waals surface area contributed by atoms with Gasteiger partial charge in [-0.05, 0) is 99.7 Å². The number of nitrogens with one attached hydrogen (secondary N) is 3. The molecular weight excluding hydrogens is 933 g/mol. The van der Waals surface area contributed by atoms with Crippen LogP contribution in [0.15, 0.2) is 112 Å². The number of carbonyl (C=O) groups excluding carboxylic acids is 5. The average molecular weight is 989 g/mol. The van der Waals surface area contributed by atoms with Crippen LogP contribution in [0.2, 0.25) is 0 Å². The average Bonchev–Trinajstić information content (AvgIpc) is 3.89. The SMILES string of the molecule is C=C(C)[C@H](N)C(=O)N[C@@H](C)C(=O)Nc1ccc(COC(=O)NCC#Cc2cc(COc3cc4c(cc3OC)C(=O)N3C=C(C)C[C@H]3C=N4)cc(COc3cc4c(cc3OC)C(=O)N3C=C(C)C[C@H]3C=N4)c2)cc1. The smallest absolute Gasteiger partial charge is 0.408 e. The third kappa shape index (κ3) is 11.9. The highest BCUT2D eigenvalue weighted by Crippen LogP contribution is 2.41. The lowest BCUT2D eigenvalue weighted by atomic mass is 10.1. The number of hydrogen-bond donors (Lipinski definition) is 4. The maximum atomic E-state index is 13.6. The van der Waals surface area contributed by atoms with Gasteiger partial charge in [0.25, 0.3) is 11.8 Å². The standard InChI is InChI=1S/C55H56N8O10/c1-31(2)50(56)52(65)60-34(5)51(64)61-39-12-10-35(11-13-39)28-73-55(68)57-14-8-9-36-17-37(29-71-48-22-44-42(20-46(48)69-6)53(66)62-26-32(3)15-40(62)24-58-44)19-38(18-36)30-72-49-23-45-43(21-47(49)70-7)54(67)63-27-33(4)16-41(63)25-59-45/h10-13,17-27,34,40-41,50H,1,14-16,28-30,56H2,2-7H3,(H,57,68)(H,60,65)(H,61,64)/t34-,40-,41-,50-/m0/s1. The second-order valence-electron chi connectivity index (χ2n) is 18.1. The zero-order chi connectivity index (χ0) is 51.9. The molecule has 4 atom stereocenters. The lowest BCUT2D eigenvalue weighted by Crippen LogP contribution is -2.48. The van der Waals surface area contributed by atoms with E-state index in [1.807, 2.05) is 44.4 Å². The van der Waals surface area contributed by atoms with Crippen LogP contribution in [-0.2, 0) is 34.1 Å². The van der Waals surface area contributed by atoms with Crippen LogP contribution in [0.5, 0.6) is 23.0 Å². The molecular formula is C55H56N8O10. The number of benzene rings is 4. The Morgan fingerprint density at radius 1 is 0.753 bits per heavy atom. The molecule has 0 unspecified atom stereocenters. The van der Waals surface area contributed by atoms with Gasteiger partial charge in [0.1, 0.15) is 31.9 Å². The van der Waals surface area contributed by atoms with Crippen molar-refractivity contribution >= 4 is 59.2 Å². The molecule has 0 aromatic heterocycles. The molecule has 8 rings (SSSR count). The number of anilines is 1. The van der Waals surface area contributed by atoms with Crippen molar-refractivity contribution < 1.29 is 47.7 Å². The number of carbonyl (C=O) groups is 5. The lowest BCUT2D eigenvalue weighted by molar-refractivity contribution is -0.126. The summed E-state index contributed by atoms with van der Waals surface area (Å²) in [6, 6.07) is 16.9. The summed E-state index contributed by atoms with van der Waals surface area (Å²) < 4.78 is 29.5. The van der Waals surface area contributed by atoms with E-state index in [4.69, 9.17) is 29.4 Å². The number of nitrogens with zero attached hydrogens (tertiary/aromatic N) is 4. The maximum Gasteiger partial charge on any atom is 0.408 e. The van der Waals surface area contributed by atoms with Gasteiger partial charge >= 0.3 is 6.09 Å². The Kier molecular flexibility index (Phi) is 15.4. The molecule has 0 aliphatic carbocycles. The first-order valence-corrected chi connectivity index (χ1v) is 23.5. The fourth-order valence-electron chi connectivity index (χ4n) is 8.42. The van der Waals surface area contributed by atoms with Crippen molar-refractivity contribution in [2.75, 3.05) is 26.1 Å². The summed E-state index contributed by atoms with van der Waals surface area (Å²) in [5, 5.41) is 7.94. The van der Waals surface area contributed by atoms with Gasteiger partial charge in [0.15, 0.2) is 23.0 Å². The Balaban J connectivity index is 0.942. The number of rotatable bonds is 16. The van der Waals surface area contributed by atoms with Crippen LogP contribution in [0.3, 0.4) is 0 Å². The van der Waals surface area contributed by atoms with E-state index >= 15 is 0 Å². The van der Waals surface area contributed by atoms with Gasteiger partial charge in [-0.3, -0.25) is 29.2 Å². The van der Waals surface area contributed by atoms with Gasteiger partial charge in [-0.1, -0.05) is 47.3 Å². The molecule has 0 radical (unpaired) electrons. The highest BCUT2D eigenvalue weighted by molar-refractivity contribution is 6.05. The summed E-state index contributed by atoms with van der Waals surface area (Å²) in [6.07, 6.45) is 7.99. The van der Waals surface area contributed by atoms with E-state index in [1.165, 1.54) is 14.2 Å². The molecule has 5 amide bonds. The molecule has 4 aromatic rings. The van der Waals surface area contributed by atoms with E-state index in [9.17, 15) is 24.0 Å². The fraction of sp³-hybridized carbons (Fsp3) is 0.291. The minimum absolute atomic E-state index is 0.0409. The number of alkyl carbamates (subject to hydrolysis) is 1. The molecule has 0 fully saturated rings. The molecule has 376 valence electrons. The fourth-order valence-corrected chi connectivity index (χ4v) is 8.42. The van der Waals surface area contributed by atoms with Crippen molar-refractivity contribution in [3.8, 4) is 34.8 Å². The molecule has 18 heteroatoms. The van der Waals surface area contributed by atoms with Crippen LogP contribution in [-0.4, -0.2) is 96.9 Å². The molecule has 0 saturated carbocycles. The minimum atomic E-state index is -0.922. The summed E-state index contributed by atoms with van der Waals surface area (Å²) in [6.45, 7) is 10.9. The van der Waals surface area contributed by atoms with Gasteiger partial charge in [-0.25, -0.2) is 4.79 Å². The van der Waals surface area contributed by atoms with Crippen LogP contribution in [0.25, 0.3) is 0 Å². The molecule has 73 heavy (non-hydrogen) atoms. The number of amides is 5. The zero-order valence-corrected chi connectivity index (χ0v) is 41.4. The normalized spacial score (nSPS) is 16.9. The van der Waals surface area contributed by atoms with E-state index in [0.29, 0.717) is 80.7 Å². The van der Waals surface area contributed by atoms with Crippen LogP contribution in [0.1, 0.15) is 83.5 Å². The van der Waals surface area contributed by atoms with Crippen LogP contribution in [0.4, 0.5) is 21.9 Å². The number of hydrogen-bond acceptors (Lipinski definition) is 13. The third-order valence-electron chi connectivity index (χ3n) is 12.3. The van der Waals surface area contributed by atoms with Crippen molar-refractivity contribution in [3.63, 3.8) is 0 Å². The highest BCUT2D eigenvalue weighted by Gasteiger charge is 2.34. The predicted octanol–water partition coefficient (Wildman–Crippen LogP) is 7.15. The number of ether oxygens (including phenoxy) is 5. The number of nitrogens with two attached hydrogens (primary N) is 1. The summed E-state index contributed by atoms with van der Waals surface area (Å²) in [5.74, 6) is 6.29. The zero-order valence-electron chi connectivity index (χ0n) is 41.4. The number of aliphatic imine (C=N–C) groups is 2. The summed E-state index contributed by atoms with van der Waals surface area (Å²) in [5.41, 5.74) is 13.4. The van der Waals surface area contributed by atoms with E-state index < -0.39 is 30.0 Å². The number of methoxy groups -OCH3 is 2.